The van der Waals surface area contributed by atoms with E-state index in [1.165, 1.54) is 0 Å². The van der Waals surface area contributed by atoms with Crippen molar-refractivity contribution in [3.63, 3.8) is 0 Å². The van der Waals surface area contributed by atoms with E-state index in [0.717, 1.165) is 23.9 Å². The van der Waals surface area contributed by atoms with Crippen LogP contribution < -0.4 is 4.74 Å². The first-order chi connectivity index (χ1) is 13.5. The van der Waals surface area contributed by atoms with Gasteiger partial charge in [-0.2, -0.15) is 0 Å². The summed E-state index contributed by atoms with van der Waals surface area (Å²) in [5.41, 5.74) is 1.33. The van der Waals surface area contributed by atoms with Gasteiger partial charge in [-0.15, -0.1) is 6.42 Å². The van der Waals surface area contributed by atoms with Gasteiger partial charge >= 0.3 is 5.97 Å². The molecule has 1 aromatic carbocycles. The number of piperidine rings is 1. The predicted molar refractivity (Wildman–Crippen MR) is 106 cm³/mol. The smallest absolute Gasteiger partial charge is 0.308 e. The molecule has 0 bridgehead atoms. The molecule has 1 N–H and O–H groups in total. The Balaban J connectivity index is 1.72. The molecule has 2 atom stereocenters. The number of carbonyl (C=O) groups excluding carboxylic acids is 1. The van der Waals surface area contributed by atoms with Gasteiger partial charge in [-0.05, 0) is 49.6 Å². The van der Waals surface area contributed by atoms with E-state index in [-0.39, 0.29) is 11.7 Å². The number of nitrogens with zero attached hydrogens (tertiary/aromatic N) is 2. The Morgan fingerprint density at radius 2 is 2.21 bits per heavy atom. The number of rotatable bonds is 7. The number of hydrogen-bond donors (Lipinski definition) is 1. The summed E-state index contributed by atoms with van der Waals surface area (Å²) < 4.78 is 5.26. The van der Waals surface area contributed by atoms with Gasteiger partial charge in [-0.25, -0.2) is 0 Å². The highest BCUT2D eigenvalue weighted by atomic mass is 16.5. The predicted octanol–water partition coefficient (Wildman–Crippen LogP) is 2.86. The summed E-state index contributed by atoms with van der Waals surface area (Å²) in [5.74, 6) is 1.89. The molecule has 2 heterocycles. The summed E-state index contributed by atoms with van der Waals surface area (Å²) in [5, 5.41) is 10.3. The van der Waals surface area contributed by atoms with Crippen molar-refractivity contribution in [3.05, 3.63) is 36.0 Å². The van der Waals surface area contributed by atoms with Gasteiger partial charge in [0.25, 0.3) is 0 Å². The zero-order valence-corrected chi connectivity index (χ0v) is 15.9. The monoisotopic (exact) mass is 380 g/mol. The summed E-state index contributed by atoms with van der Waals surface area (Å²) in [6, 6.07) is 7.17. The van der Waals surface area contributed by atoms with Crippen LogP contribution in [0.25, 0.3) is 10.9 Å². The number of fused-ring (bicyclic) bond motifs is 1. The Morgan fingerprint density at radius 3 is 2.93 bits per heavy atom. The first-order valence-corrected chi connectivity index (χ1v) is 9.38. The third-order valence-electron chi connectivity index (χ3n) is 5.46. The van der Waals surface area contributed by atoms with Crippen LogP contribution in [0, 0.1) is 24.2 Å². The number of carbonyl (C=O) groups is 2. The standard InChI is InChI=1S/C22H24N2O4/c1-3-11-24-12-9-15(19(14-24)22(26)27)4-7-21(25)17-8-10-23-20-6-5-16(28-2)13-18(17)20/h1,5-6,8,10,13,15,19H,4,7,9,11-12,14H2,2H3,(H,26,27). The lowest BCUT2D eigenvalue weighted by molar-refractivity contribution is -0.146. The van der Waals surface area contributed by atoms with Crippen LogP contribution in [0.1, 0.15) is 29.6 Å². The second-order valence-corrected chi connectivity index (χ2v) is 7.14. The Kier molecular flexibility index (Phi) is 6.27. The number of Topliss-reactive ketones (excluding diaryl/α,β-unsaturated/α-hetero) is 1. The number of aliphatic carboxylic acids is 1. The van der Waals surface area contributed by atoms with Crippen molar-refractivity contribution in [2.45, 2.75) is 19.3 Å². The van der Waals surface area contributed by atoms with E-state index in [1.54, 1.807) is 19.4 Å². The van der Waals surface area contributed by atoms with Crippen molar-refractivity contribution in [2.24, 2.45) is 11.8 Å². The van der Waals surface area contributed by atoms with E-state index in [1.807, 2.05) is 23.1 Å². The molecule has 2 unspecified atom stereocenters. The van der Waals surface area contributed by atoms with Gasteiger partial charge in [0.15, 0.2) is 5.78 Å². The van der Waals surface area contributed by atoms with Crippen LogP contribution in [0.15, 0.2) is 30.5 Å². The third kappa shape index (κ3) is 4.32. The molecule has 6 nitrogen and oxygen atoms in total. The van der Waals surface area contributed by atoms with Gasteiger partial charge in [0, 0.05) is 30.1 Å². The van der Waals surface area contributed by atoms with Crippen LogP contribution in [-0.2, 0) is 4.79 Å². The molecule has 0 saturated carbocycles. The van der Waals surface area contributed by atoms with Crippen molar-refractivity contribution in [1.82, 2.24) is 9.88 Å². The lowest BCUT2D eigenvalue weighted by Gasteiger charge is -2.35. The number of carboxylic acid groups (broad SMARTS) is 1. The third-order valence-corrected chi connectivity index (χ3v) is 5.46. The van der Waals surface area contributed by atoms with Crippen molar-refractivity contribution in [2.75, 3.05) is 26.7 Å². The number of ether oxygens (including phenoxy) is 1. The highest BCUT2D eigenvalue weighted by Gasteiger charge is 2.34. The maximum atomic E-state index is 12.9. The molecule has 0 amide bonds. The number of likely N-dealkylation sites (tertiary alicyclic amines) is 1. The molecule has 1 aromatic heterocycles. The van der Waals surface area contributed by atoms with Gasteiger partial charge in [0.05, 0.1) is 25.1 Å². The van der Waals surface area contributed by atoms with Crippen LogP contribution in [0.3, 0.4) is 0 Å². The summed E-state index contributed by atoms with van der Waals surface area (Å²) in [6.45, 7) is 1.66. The minimum Gasteiger partial charge on any atom is -0.497 e. The summed E-state index contributed by atoms with van der Waals surface area (Å²) in [7, 11) is 1.58. The molecular weight excluding hydrogens is 356 g/mol. The first kappa shape index (κ1) is 19.8. The lowest BCUT2D eigenvalue weighted by Crippen LogP contribution is -2.44. The molecule has 1 saturated heterocycles. The molecule has 0 radical (unpaired) electrons. The van der Waals surface area contributed by atoms with E-state index in [4.69, 9.17) is 11.2 Å². The maximum absolute atomic E-state index is 12.9. The van der Waals surface area contributed by atoms with Crippen LogP contribution in [0.2, 0.25) is 0 Å². The number of pyridine rings is 1. The van der Waals surface area contributed by atoms with Gasteiger partial charge in [0.1, 0.15) is 5.75 Å². The molecule has 2 aromatic rings. The summed E-state index contributed by atoms with van der Waals surface area (Å²) in [4.78, 5) is 30.9. The molecule has 0 aliphatic carbocycles. The van der Waals surface area contributed by atoms with E-state index < -0.39 is 11.9 Å². The number of benzene rings is 1. The van der Waals surface area contributed by atoms with Gasteiger partial charge in [-0.3, -0.25) is 19.5 Å². The highest BCUT2D eigenvalue weighted by Crippen LogP contribution is 2.30. The number of aromatic nitrogens is 1. The number of hydrogen-bond acceptors (Lipinski definition) is 5. The fraction of sp³-hybridized carbons (Fsp3) is 0.409. The SMILES string of the molecule is C#CCN1CCC(CCC(=O)c2ccnc3ccc(OC)cc23)C(C(=O)O)C1. The number of ketones is 1. The van der Waals surface area contributed by atoms with Gasteiger partial charge < -0.3 is 9.84 Å². The lowest BCUT2D eigenvalue weighted by atomic mass is 9.81. The molecule has 146 valence electrons. The number of terminal acetylenes is 1. The molecule has 1 fully saturated rings. The van der Waals surface area contributed by atoms with E-state index in [2.05, 4.69) is 10.9 Å². The van der Waals surface area contributed by atoms with Crippen LogP contribution >= 0.6 is 0 Å². The molecular formula is C22H24N2O4. The molecule has 6 heteroatoms. The van der Waals surface area contributed by atoms with Crippen LogP contribution in [0.5, 0.6) is 5.75 Å². The average molecular weight is 380 g/mol. The van der Waals surface area contributed by atoms with Crippen molar-refractivity contribution in [1.29, 1.82) is 0 Å². The zero-order valence-electron chi connectivity index (χ0n) is 15.9. The topological polar surface area (TPSA) is 79.7 Å². The normalized spacial score (nSPS) is 19.9. The van der Waals surface area contributed by atoms with E-state index >= 15 is 0 Å². The Hall–Kier alpha value is -2.91. The summed E-state index contributed by atoms with van der Waals surface area (Å²) in [6.07, 6.45) is 8.56. The average Bonchev–Trinajstić information content (AvgIpc) is 2.71. The quantitative estimate of drug-likeness (QED) is 0.588. The zero-order chi connectivity index (χ0) is 20.1. The Labute approximate surface area is 164 Å². The molecule has 1 aliphatic heterocycles. The Bertz CT molecular complexity index is 918. The van der Waals surface area contributed by atoms with Crippen molar-refractivity contribution < 1.29 is 19.4 Å². The molecule has 1 aliphatic rings. The molecule has 3 rings (SSSR count). The van der Waals surface area contributed by atoms with Gasteiger partial charge in [-0.1, -0.05) is 5.92 Å². The Morgan fingerprint density at radius 1 is 1.39 bits per heavy atom. The fourth-order valence-corrected chi connectivity index (χ4v) is 3.91. The van der Waals surface area contributed by atoms with E-state index in [9.17, 15) is 14.7 Å². The van der Waals surface area contributed by atoms with Crippen molar-refractivity contribution >= 4 is 22.7 Å². The number of carboxylic acids is 1. The van der Waals surface area contributed by atoms with E-state index in [0.29, 0.717) is 37.2 Å². The second kappa shape index (κ2) is 8.85. The van der Waals surface area contributed by atoms with Gasteiger partial charge in [0.2, 0.25) is 0 Å². The van der Waals surface area contributed by atoms with Crippen LogP contribution in [-0.4, -0.2) is 53.5 Å². The number of methoxy groups -OCH3 is 1. The highest BCUT2D eigenvalue weighted by molar-refractivity contribution is 6.07. The molecule has 28 heavy (non-hydrogen) atoms. The minimum absolute atomic E-state index is 0.00385. The maximum Gasteiger partial charge on any atom is 0.308 e. The first-order valence-electron chi connectivity index (χ1n) is 9.38. The second-order valence-electron chi connectivity index (χ2n) is 7.14. The largest absolute Gasteiger partial charge is 0.497 e. The molecule has 0 spiro atoms. The summed E-state index contributed by atoms with van der Waals surface area (Å²) >= 11 is 0. The minimum atomic E-state index is -0.821. The van der Waals surface area contributed by atoms with Crippen LogP contribution in [0.4, 0.5) is 0 Å². The fourth-order valence-electron chi connectivity index (χ4n) is 3.91. The van der Waals surface area contributed by atoms with Crippen molar-refractivity contribution in [3.8, 4) is 18.1 Å².